The van der Waals surface area contributed by atoms with Crippen LogP contribution in [0.15, 0.2) is 18.3 Å². The molecule has 0 aliphatic rings. The van der Waals surface area contributed by atoms with Gasteiger partial charge in [-0.3, -0.25) is 4.79 Å². The zero-order valence-electron chi connectivity index (χ0n) is 11.2. The molecule has 0 saturated carbocycles. The number of pyridine rings is 1. The largest absolute Gasteiger partial charge is 0.490 e. The molecule has 1 aromatic rings. The van der Waals surface area contributed by atoms with Gasteiger partial charge in [-0.2, -0.15) is 0 Å². The molecule has 18 heavy (non-hydrogen) atoms. The van der Waals surface area contributed by atoms with Gasteiger partial charge < -0.3 is 14.4 Å². The van der Waals surface area contributed by atoms with Gasteiger partial charge in [0, 0.05) is 19.3 Å². The molecule has 0 saturated heterocycles. The zero-order valence-corrected chi connectivity index (χ0v) is 11.2. The van der Waals surface area contributed by atoms with Gasteiger partial charge in [-0.25, -0.2) is 4.98 Å². The molecule has 1 rings (SSSR count). The number of carbonyl (C=O) groups excluding carboxylic acids is 1. The third-order valence-corrected chi connectivity index (χ3v) is 2.55. The first-order valence-electron chi connectivity index (χ1n) is 6.12. The summed E-state index contributed by atoms with van der Waals surface area (Å²) in [7, 11) is 1.39. The first-order chi connectivity index (χ1) is 8.72. The van der Waals surface area contributed by atoms with Crippen LogP contribution in [0.2, 0.25) is 0 Å². The molecule has 0 aliphatic carbocycles. The second-order valence-corrected chi connectivity index (χ2v) is 3.66. The van der Waals surface area contributed by atoms with Crippen LogP contribution in [0.5, 0.6) is 5.75 Å². The van der Waals surface area contributed by atoms with Crippen LogP contribution >= 0.6 is 0 Å². The van der Waals surface area contributed by atoms with Crippen molar-refractivity contribution in [3.05, 3.63) is 18.3 Å². The molecule has 0 radical (unpaired) electrons. The summed E-state index contributed by atoms with van der Waals surface area (Å²) in [5.74, 6) is 1.29. The third-order valence-electron chi connectivity index (χ3n) is 2.55. The molecule has 0 aromatic carbocycles. The average Bonchev–Trinajstić information content (AvgIpc) is 2.41. The normalized spacial score (nSPS) is 9.94. The van der Waals surface area contributed by atoms with E-state index in [4.69, 9.17) is 4.74 Å². The molecule has 0 fully saturated rings. The standard InChI is InChI=1S/C13H20N2O3/c1-4-15(10-8-12(16)17-3)13-11(18-5-2)7-6-9-14-13/h6-7,9H,4-5,8,10H2,1-3H3. The molecule has 5 nitrogen and oxygen atoms in total. The van der Waals surface area contributed by atoms with Crippen molar-refractivity contribution in [2.45, 2.75) is 20.3 Å². The number of hydrogen-bond donors (Lipinski definition) is 0. The molecule has 0 N–H and O–H groups in total. The van der Waals surface area contributed by atoms with Crippen LogP contribution in [0.25, 0.3) is 0 Å². The predicted octanol–water partition coefficient (Wildman–Crippen LogP) is 1.87. The highest BCUT2D eigenvalue weighted by atomic mass is 16.5. The van der Waals surface area contributed by atoms with Crippen LogP contribution in [-0.2, 0) is 9.53 Å². The summed E-state index contributed by atoms with van der Waals surface area (Å²) in [6, 6.07) is 3.72. The van der Waals surface area contributed by atoms with Gasteiger partial charge in [0.15, 0.2) is 11.6 Å². The van der Waals surface area contributed by atoms with Gasteiger partial charge in [-0.1, -0.05) is 0 Å². The highest BCUT2D eigenvalue weighted by Crippen LogP contribution is 2.25. The highest BCUT2D eigenvalue weighted by molar-refractivity contribution is 5.70. The fourth-order valence-electron chi connectivity index (χ4n) is 1.63. The molecule has 100 valence electrons. The quantitative estimate of drug-likeness (QED) is 0.693. The average molecular weight is 252 g/mol. The molecule has 1 aromatic heterocycles. The van der Waals surface area contributed by atoms with E-state index >= 15 is 0 Å². The minimum atomic E-state index is -0.220. The van der Waals surface area contributed by atoms with Crippen molar-refractivity contribution in [3.63, 3.8) is 0 Å². The van der Waals surface area contributed by atoms with Crippen molar-refractivity contribution in [3.8, 4) is 5.75 Å². The summed E-state index contributed by atoms with van der Waals surface area (Å²) < 4.78 is 10.2. The van der Waals surface area contributed by atoms with E-state index in [-0.39, 0.29) is 5.97 Å². The Morgan fingerprint density at radius 3 is 2.83 bits per heavy atom. The van der Waals surface area contributed by atoms with E-state index in [2.05, 4.69) is 9.72 Å². The molecule has 1 heterocycles. The maximum absolute atomic E-state index is 11.2. The Morgan fingerprint density at radius 1 is 1.44 bits per heavy atom. The maximum Gasteiger partial charge on any atom is 0.307 e. The van der Waals surface area contributed by atoms with Crippen LogP contribution in [0.1, 0.15) is 20.3 Å². The second-order valence-electron chi connectivity index (χ2n) is 3.66. The molecule has 0 unspecified atom stereocenters. The topological polar surface area (TPSA) is 51.7 Å². The number of esters is 1. The fraction of sp³-hybridized carbons (Fsp3) is 0.538. The van der Waals surface area contributed by atoms with Crippen LogP contribution in [0.4, 0.5) is 5.82 Å². The zero-order chi connectivity index (χ0) is 13.4. The first kappa shape index (κ1) is 14.3. The summed E-state index contributed by atoms with van der Waals surface area (Å²) in [4.78, 5) is 17.5. The number of aromatic nitrogens is 1. The van der Waals surface area contributed by atoms with Crippen molar-refractivity contribution >= 4 is 11.8 Å². The summed E-state index contributed by atoms with van der Waals surface area (Å²) >= 11 is 0. The van der Waals surface area contributed by atoms with E-state index in [0.29, 0.717) is 19.6 Å². The molecule has 0 spiro atoms. The SMILES string of the molecule is CCOc1cccnc1N(CC)CCC(=O)OC. The summed E-state index contributed by atoms with van der Waals surface area (Å²) in [6.45, 7) is 5.87. The lowest BCUT2D eigenvalue weighted by atomic mass is 10.3. The van der Waals surface area contributed by atoms with E-state index in [1.54, 1.807) is 6.20 Å². The lowest BCUT2D eigenvalue weighted by Crippen LogP contribution is -2.27. The summed E-state index contributed by atoms with van der Waals surface area (Å²) in [5.41, 5.74) is 0. The number of methoxy groups -OCH3 is 1. The second kappa shape index (κ2) is 7.53. The smallest absolute Gasteiger partial charge is 0.307 e. The molecule has 0 bridgehead atoms. The van der Waals surface area contributed by atoms with E-state index in [1.165, 1.54) is 7.11 Å². The summed E-state index contributed by atoms with van der Waals surface area (Å²) in [5, 5.41) is 0. The van der Waals surface area contributed by atoms with E-state index in [9.17, 15) is 4.79 Å². The van der Waals surface area contributed by atoms with Crippen LogP contribution in [0, 0.1) is 0 Å². The van der Waals surface area contributed by atoms with Crippen LogP contribution in [0.3, 0.4) is 0 Å². The third kappa shape index (κ3) is 3.91. The molecule has 5 heteroatoms. The maximum atomic E-state index is 11.2. The Morgan fingerprint density at radius 2 is 2.22 bits per heavy atom. The predicted molar refractivity (Wildman–Crippen MR) is 69.9 cm³/mol. The number of rotatable bonds is 7. The number of hydrogen-bond acceptors (Lipinski definition) is 5. The van der Waals surface area contributed by atoms with Gasteiger partial charge in [0.1, 0.15) is 0 Å². The van der Waals surface area contributed by atoms with Crippen molar-refractivity contribution < 1.29 is 14.3 Å². The minimum Gasteiger partial charge on any atom is -0.490 e. The van der Waals surface area contributed by atoms with Crippen LogP contribution in [-0.4, -0.2) is 37.8 Å². The Balaban J connectivity index is 2.77. The van der Waals surface area contributed by atoms with Crippen molar-refractivity contribution in [2.75, 3.05) is 31.7 Å². The number of carbonyl (C=O) groups is 1. The van der Waals surface area contributed by atoms with Gasteiger partial charge in [-0.15, -0.1) is 0 Å². The minimum absolute atomic E-state index is 0.220. The Kier molecular flexibility index (Phi) is 5.97. The first-order valence-corrected chi connectivity index (χ1v) is 6.12. The van der Waals surface area contributed by atoms with Gasteiger partial charge in [0.2, 0.25) is 0 Å². The molecular formula is C13H20N2O3. The fourth-order valence-corrected chi connectivity index (χ4v) is 1.63. The molecule has 0 amide bonds. The van der Waals surface area contributed by atoms with Crippen molar-refractivity contribution in [2.24, 2.45) is 0 Å². The Hall–Kier alpha value is -1.78. The molecular weight excluding hydrogens is 232 g/mol. The Labute approximate surface area is 108 Å². The van der Waals surface area contributed by atoms with Gasteiger partial charge in [-0.05, 0) is 26.0 Å². The lowest BCUT2D eigenvalue weighted by Gasteiger charge is -2.23. The van der Waals surface area contributed by atoms with Gasteiger partial charge in [0.25, 0.3) is 0 Å². The van der Waals surface area contributed by atoms with Crippen LogP contribution < -0.4 is 9.64 Å². The van der Waals surface area contributed by atoms with Gasteiger partial charge in [0.05, 0.1) is 20.1 Å². The molecule has 0 aliphatic heterocycles. The van der Waals surface area contributed by atoms with E-state index in [1.807, 2.05) is 30.9 Å². The van der Waals surface area contributed by atoms with E-state index < -0.39 is 0 Å². The Bertz CT molecular complexity index is 382. The number of ether oxygens (including phenoxy) is 2. The lowest BCUT2D eigenvalue weighted by molar-refractivity contribution is -0.140. The monoisotopic (exact) mass is 252 g/mol. The van der Waals surface area contributed by atoms with Crippen molar-refractivity contribution in [1.29, 1.82) is 0 Å². The number of nitrogens with zero attached hydrogens (tertiary/aromatic N) is 2. The van der Waals surface area contributed by atoms with Crippen molar-refractivity contribution in [1.82, 2.24) is 4.98 Å². The number of anilines is 1. The van der Waals surface area contributed by atoms with E-state index in [0.717, 1.165) is 18.1 Å². The highest BCUT2D eigenvalue weighted by Gasteiger charge is 2.13. The van der Waals surface area contributed by atoms with Gasteiger partial charge >= 0.3 is 5.97 Å². The molecule has 0 atom stereocenters. The summed E-state index contributed by atoms with van der Waals surface area (Å²) in [6.07, 6.45) is 2.06.